The number of thioether (sulfide) groups is 1. The fourth-order valence-electron chi connectivity index (χ4n) is 2.78. The number of aromatic hydroxyl groups is 1. The molecule has 2 unspecified atom stereocenters. The Labute approximate surface area is 142 Å². The second-order valence-electron chi connectivity index (χ2n) is 5.70. The topological polar surface area (TPSA) is 65.9 Å². The summed E-state index contributed by atoms with van der Waals surface area (Å²) in [6.07, 6.45) is 5.79. The first kappa shape index (κ1) is 17.8. The van der Waals surface area contributed by atoms with E-state index in [4.69, 9.17) is 4.74 Å². The van der Waals surface area contributed by atoms with Crippen LogP contribution in [0.15, 0.2) is 23.2 Å². The van der Waals surface area contributed by atoms with Gasteiger partial charge in [0.1, 0.15) is 11.5 Å². The zero-order valence-corrected chi connectivity index (χ0v) is 14.9. The SMILES string of the molecule is CCNC(=NCc1cc(OC)ccc1O)NC1CCC(SC)C1. The van der Waals surface area contributed by atoms with E-state index in [1.54, 1.807) is 19.2 Å². The molecule has 1 aromatic rings. The fourth-order valence-corrected chi connectivity index (χ4v) is 3.57. The van der Waals surface area contributed by atoms with Crippen LogP contribution in [0.25, 0.3) is 0 Å². The Morgan fingerprint density at radius 1 is 1.43 bits per heavy atom. The van der Waals surface area contributed by atoms with E-state index in [1.807, 2.05) is 17.8 Å². The third-order valence-electron chi connectivity index (χ3n) is 4.10. The lowest BCUT2D eigenvalue weighted by Gasteiger charge is -2.17. The molecule has 1 aliphatic carbocycles. The molecule has 6 heteroatoms. The van der Waals surface area contributed by atoms with E-state index in [0.717, 1.165) is 29.1 Å². The molecule has 2 rings (SSSR count). The van der Waals surface area contributed by atoms with Crippen molar-refractivity contribution in [2.45, 2.75) is 44.0 Å². The summed E-state index contributed by atoms with van der Waals surface area (Å²) in [5.74, 6) is 1.78. The van der Waals surface area contributed by atoms with Gasteiger partial charge in [0.15, 0.2) is 5.96 Å². The van der Waals surface area contributed by atoms with Gasteiger partial charge in [0.05, 0.1) is 13.7 Å². The molecule has 0 heterocycles. The van der Waals surface area contributed by atoms with Crippen molar-refractivity contribution in [3.8, 4) is 11.5 Å². The highest BCUT2D eigenvalue weighted by Crippen LogP contribution is 2.28. The van der Waals surface area contributed by atoms with Crippen molar-refractivity contribution in [2.75, 3.05) is 19.9 Å². The summed E-state index contributed by atoms with van der Waals surface area (Å²) in [5, 5.41) is 17.5. The number of aliphatic imine (C=N–C) groups is 1. The fraction of sp³-hybridized carbons (Fsp3) is 0.588. The Bertz CT molecular complexity index is 537. The Hall–Kier alpha value is -1.56. The van der Waals surface area contributed by atoms with Crippen LogP contribution in [0.3, 0.4) is 0 Å². The van der Waals surface area contributed by atoms with Crippen LogP contribution in [0.1, 0.15) is 31.7 Å². The Morgan fingerprint density at radius 2 is 2.26 bits per heavy atom. The predicted molar refractivity (Wildman–Crippen MR) is 97.6 cm³/mol. The van der Waals surface area contributed by atoms with Crippen molar-refractivity contribution in [2.24, 2.45) is 4.99 Å². The molecule has 0 aliphatic heterocycles. The van der Waals surface area contributed by atoms with E-state index in [2.05, 4.69) is 28.8 Å². The van der Waals surface area contributed by atoms with Gasteiger partial charge in [-0.1, -0.05) is 0 Å². The number of rotatable bonds is 6. The largest absolute Gasteiger partial charge is 0.508 e. The molecule has 0 aromatic heterocycles. The minimum absolute atomic E-state index is 0.244. The first-order valence-electron chi connectivity index (χ1n) is 8.09. The smallest absolute Gasteiger partial charge is 0.191 e. The second-order valence-corrected chi connectivity index (χ2v) is 6.84. The van der Waals surface area contributed by atoms with Crippen LogP contribution in [0.4, 0.5) is 0 Å². The van der Waals surface area contributed by atoms with Gasteiger partial charge in [-0.2, -0.15) is 11.8 Å². The Morgan fingerprint density at radius 3 is 2.91 bits per heavy atom. The van der Waals surface area contributed by atoms with Crippen LogP contribution < -0.4 is 15.4 Å². The highest BCUT2D eigenvalue weighted by molar-refractivity contribution is 7.99. The highest BCUT2D eigenvalue weighted by Gasteiger charge is 2.24. The number of nitrogens with zero attached hydrogens (tertiary/aromatic N) is 1. The van der Waals surface area contributed by atoms with Crippen LogP contribution in [0.2, 0.25) is 0 Å². The normalized spacial score (nSPS) is 21.3. The summed E-state index contributed by atoms with van der Waals surface area (Å²) >= 11 is 1.95. The molecule has 0 bridgehead atoms. The molecule has 0 spiro atoms. The molecule has 3 N–H and O–H groups in total. The lowest BCUT2D eigenvalue weighted by Crippen LogP contribution is -2.42. The van der Waals surface area contributed by atoms with Gasteiger partial charge in [-0.25, -0.2) is 4.99 Å². The third-order valence-corrected chi connectivity index (χ3v) is 5.19. The molecule has 23 heavy (non-hydrogen) atoms. The molecule has 0 saturated heterocycles. The van der Waals surface area contributed by atoms with E-state index in [9.17, 15) is 5.11 Å². The number of hydrogen-bond acceptors (Lipinski definition) is 4. The van der Waals surface area contributed by atoms with Gasteiger partial charge < -0.3 is 20.5 Å². The molecule has 1 aliphatic rings. The molecule has 0 radical (unpaired) electrons. The lowest BCUT2D eigenvalue weighted by atomic mass is 10.2. The van der Waals surface area contributed by atoms with Gasteiger partial charge in [0.25, 0.3) is 0 Å². The van der Waals surface area contributed by atoms with Crippen molar-refractivity contribution in [3.05, 3.63) is 23.8 Å². The molecule has 1 aromatic carbocycles. The van der Waals surface area contributed by atoms with E-state index >= 15 is 0 Å². The van der Waals surface area contributed by atoms with Crippen LogP contribution in [-0.4, -0.2) is 42.3 Å². The minimum Gasteiger partial charge on any atom is -0.508 e. The zero-order chi connectivity index (χ0) is 16.7. The molecule has 1 saturated carbocycles. The standard InChI is InChI=1S/C17H27N3O2S/c1-4-18-17(20-13-5-7-15(10-13)23-3)19-11-12-9-14(22-2)6-8-16(12)21/h6,8-9,13,15,21H,4-5,7,10-11H2,1-3H3,(H2,18,19,20). The number of benzene rings is 1. The summed E-state index contributed by atoms with van der Waals surface area (Å²) in [7, 11) is 1.62. The quantitative estimate of drug-likeness (QED) is 0.550. The molecule has 1 fully saturated rings. The first-order chi connectivity index (χ1) is 11.2. The van der Waals surface area contributed by atoms with Gasteiger partial charge in [0.2, 0.25) is 0 Å². The van der Waals surface area contributed by atoms with Crippen LogP contribution in [0.5, 0.6) is 11.5 Å². The van der Waals surface area contributed by atoms with Crippen molar-refractivity contribution < 1.29 is 9.84 Å². The Kier molecular flexibility index (Phi) is 6.89. The van der Waals surface area contributed by atoms with Gasteiger partial charge in [-0.3, -0.25) is 0 Å². The zero-order valence-electron chi connectivity index (χ0n) is 14.1. The van der Waals surface area contributed by atoms with Gasteiger partial charge >= 0.3 is 0 Å². The van der Waals surface area contributed by atoms with E-state index in [0.29, 0.717) is 12.6 Å². The number of methoxy groups -OCH3 is 1. The molecule has 5 nitrogen and oxygen atoms in total. The van der Waals surface area contributed by atoms with Gasteiger partial charge in [-0.15, -0.1) is 0 Å². The molecule has 128 valence electrons. The lowest BCUT2D eigenvalue weighted by molar-refractivity contribution is 0.411. The summed E-state index contributed by atoms with van der Waals surface area (Å²) in [5.41, 5.74) is 0.759. The van der Waals surface area contributed by atoms with Crippen molar-refractivity contribution in [3.63, 3.8) is 0 Å². The van der Waals surface area contributed by atoms with Crippen LogP contribution in [0, 0.1) is 0 Å². The predicted octanol–water partition coefficient (Wildman–Crippen LogP) is 2.74. The molecular formula is C17H27N3O2S. The molecular weight excluding hydrogens is 310 g/mol. The summed E-state index contributed by atoms with van der Waals surface area (Å²) in [4.78, 5) is 4.61. The van der Waals surface area contributed by atoms with Crippen LogP contribution in [-0.2, 0) is 6.54 Å². The number of nitrogens with one attached hydrogen (secondary N) is 2. The maximum Gasteiger partial charge on any atom is 0.191 e. The van der Waals surface area contributed by atoms with Crippen molar-refractivity contribution >= 4 is 17.7 Å². The minimum atomic E-state index is 0.244. The molecule has 0 amide bonds. The highest BCUT2D eigenvalue weighted by atomic mass is 32.2. The van der Waals surface area contributed by atoms with E-state index in [1.165, 1.54) is 19.3 Å². The third kappa shape index (κ3) is 5.23. The van der Waals surface area contributed by atoms with E-state index in [-0.39, 0.29) is 5.75 Å². The van der Waals surface area contributed by atoms with Crippen molar-refractivity contribution in [1.29, 1.82) is 0 Å². The maximum atomic E-state index is 9.96. The van der Waals surface area contributed by atoms with Crippen LogP contribution >= 0.6 is 11.8 Å². The summed E-state index contributed by atoms with van der Waals surface area (Å²) in [6.45, 7) is 3.28. The Balaban J connectivity index is 2.01. The van der Waals surface area contributed by atoms with Gasteiger partial charge in [0, 0.05) is 23.4 Å². The number of hydrogen-bond donors (Lipinski definition) is 3. The van der Waals surface area contributed by atoms with Crippen molar-refractivity contribution in [1.82, 2.24) is 10.6 Å². The second kappa shape index (κ2) is 8.91. The monoisotopic (exact) mass is 337 g/mol. The summed E-state index contributed by atoms with van der Waals surface area (Å²) < 4.78 is 5.20. The van der Waals surface area contributed by atoms with E-state index < -0.39 is 0 Å². The first-order valence-corrected chi connectivity index (χ1v) is 9.38. The molecule has 2 atom stereocenters. The number of phenolic OH excluding ortho intramolecular Hbond substituents is 1. The number of ether oxygens (including phenoxy) is 1. The summed E-state index contributed by atoms with van der Waals surface area (Å²) in [6, 6.07) is 5.68. The number of phenols is 1. The maximum absolute atomic E-state index is 9.96. The number of guanidine groups is 1. The van der Waals surface area contributed by atoms with Gasteiger partial charge in [-0.05, 0) is 50.6 Å². The average molecular weight is 337 g/mol. The average Bonchev–Trinajstić information content (AvgIpc) is 3.01.